The van der Waals surface area contributed by atoms with Gasteiger partial charge < -0.3 is 20.3 Å². The highest BCUT2D eigenvalue weighted by atomic mass is 16.6. The summed E-state index contributed by atoms with van der Waals surface area (Å²) in [5.41, 5.74) is 2.73. The summed E-state index contributed by atoms with van der Waals surface area (Å²) < 4.78 is 5.47. The van der Waals surface area contributed by atoms with Crippen LogP contribution in [0.15, 0.2) is 60.7 Å². The maximum Gasteiger partial charge on any atom is 0.408 e. The van der Waals surface area contributed by atoms with Crippen LogP contribution in [0.5, 0.6) is 0 Å². The third kappa shape index (κ3) is 6.82. The number of nitrogens with zero attached hydrogens (tertiary/aromatic N) is 1. The normalized spacial score (nSPS) is 14.9. The fraction of sp³-hybridized carbons (Fsp3) is 0.424. The second kappa shape index (κ2) is 11.7. The minimum atomic E-state index is -0.868. The average molecular weight is 544 g/mol. The van der Waals surface area contributed by atoms with Gasteiger partial charge in [-0.1, -0.05) is 62.4 Å². The highest BCUT2D eigenvalue weighted by Crippen LogP contribution is 2.38. The van der Waals surface area contributed by atoms with Crippen LogP contribution in [-0.2, 0) is 14.3 Å². The van der Waals surface area contributed by atoms with Crippen LogP contribution in [0.25, 0.3) is 10.8 Å². The van der Waals surface area contributed by atoms with E-state index in [1.165, 1.54) is 0 Å². The van der Waals surface area contributed by atoms with E-state index in [1.807, 2.05) is 88.4 Å². The van der Waals surface area contributed by atoms with Crippen molar-refractivity contribution in [2.75, 3.05) is 5.32 Å². The lowest BCUT2D eigenvalue weighted by Crippen LogP contribution is -2.55. The quantitative estimate of drug-likeness (QED) is 0.332. The maximum absolute atomic E-state index is 14.3. The van der Waals surface area contributed by atoms with Gasteiger partial charge in [-0.2, -0.15) is 0 Å². The van der Waals surface area contributed by atoms with Gasteiger partial charge in [0.1, 0.15) is 17.7 Å². The summed E-state index contributed by atoms with van der Waals surface area (Å²) in [6, 6.07) is 17.8. The van der Waals surface area contributed by atoms with Crippen LogP contribution in [-0.4, -0.2) is 40.5 Å². The zero-order valence-electron chi connectivity index (χ0n) is 24.6. The second-order valence-corrected chi connectivity index (χ2v) is 12.1. The van der Waals surface area contributed by atoms with Crippen LogP contribution in [0.2, 0.25) is 0 Å². The Bertz CT molecular complexity index is 1400. The van der Waals surface area contributed by atoms with Crippen LogP contribution in [0.4, 0.5) is 10.5 Å². The Kier molecular flexibility index (Phi) is 8.52. The molecule has 0 aromatic heterocycles. The van der Waals surface area contributed by atoms with E-state index in [2.05, 4.69) is 10.6 Å². The Labute approximate surface area is 237 Å². The molecule has 2 atom stereocenters. The monoisotopic (exact) mass is 543 g/mol. The molecule has 1 fully saturated rings. The van der Waals surface area contributed by atoms with Gasteiger partial charge in [0.15, 0.2) is 0 Å². The fourth-order valence-electron chi connectivity index (χ4n) is 4.94. The van der Waals surface area contributed by atoms with Crippen molar-refractivity contribution in [2.45, 2.75) is 85.0 Å². The summed E-state index contributed by atoms with van der Waals surface area (Å²) in [6.45, 7) is 13.1. The van der Waals surface area contributed by atoms with E-state index in [0.29, 0.717) is 5.69 Å². The molecular formula is C33H41N3O4. The Balaban J connectivity index is 1.72. The summed E-state index contributed by atoms with van der Waals surface area (Å²) in [5.74, 6) is -0.795. The third-order valence-corrected chi connectivity index (χ3v) is 7.28. The number of aryl methyl sites for hydroxylation is 1. The molecule has 2 unspecified atom stereocenters. The molecule has 0 radical (unpaired) electrons. The van der Waals surface area contributed by atoms with Crippen molar-refractivity contribution in [1.29, 1.82) is 0 Å². The predicted octanol–water partition coefficient (Wildman–Crippen LogP) is 6.68. The molecule has 2 N–H and O–H groups in total. The molecule has 7 nitrogen and oxygen atoms in total. The Morgan fingerprint density at radius 1 is 0.925 bits per heavy atom. The number of hydrogen-bond donors (Lipinski definition) is 2. The van der Waals surface area contributed by atoms with Gasteiger partial charge in [0, 0.05) is 11.7 Å². The SMILES string of the molecule is Cc1cccc(C(C(=O)Nc2ccc3ccccc3c2)N(C(=O)C(NC(=O)OC(C)(C)C)C(C)C)C2CC2)c1C. The van der Waals surface area contributed by atoms with Gasteiger partial charge in [-0.3, -0.25) is 9.59 Å². The molecule has 0 spiro atoms. The molecule has 7 heteroatoms. The largest absolute Gasteiger partial charge is 0.444 e. The van der Waals surface area contributed by atoms with E-state index >= 15 is 0 Å². The average Bonchev–Trinajstić information content (AvgIpc) is 3.71. The van der Waals surface area contributed by atoms with Crippen LogP contribution in [0.1, 0.15) is 70.2 Å². The lowest BCUT2D eigenvalue weighted by molar-refractivity contribution is -0.142. The van der Waals surface area contributed by atoms with Crippen molar-refractivity contribution in [3.8, 4) is 0 Å². The van der Waals surface area contributed by atoms with Gasteiger partial charge in [0.25, 0.3) is 5.91 Å². The number of rotatable bonds is 8. The topological polar surface area (TPSA) is 87.7 Å². The van der Waals surface area contributed by atoms with Crippen molar-refractivity contribution in [1.82, 2.24) is 10.2 Å². The number of nitrogens with one attached hydrogen (secondary N) is 2. The standard InChI is InChI=1S/C33H41N3O4/c1-20(2)28(35-32(39)40-33(5,6)7)31(38)36(26-17-18-26)29(27-14-10-11-21(3)22(27)4)30(37)34-25-16-15-23-12-8-9-13-24(23)19-25/h8-16,19-20,26,28-29H,17-18H2,1-7H3,(H,34,37)(H,35,39). The minimum Gasteiger partial charge on any atom is -0.444 e. The van der Waals surface area contributed by atoms with E-state index in [1.54, 1.807) is 25.7 Å². The minimum absolute atomic E-state index is 0.0959. The number of benzene rings is 3. The smallest absolute Gasteiger partial charge is 0.408 e. The Morgan fingerprint density at radius 3 is 2.23 bits per heavy atom. The molecule has 3 amide bonds. The Hall–Kier alpha value is -3.87. The van der Waals surface area contributed by atoms with Gasteiger partial charge in [-0.05, 0) is 93.0 Å². The van der Waals surface area contributed by atoms with Crippen LogP contribution in [0, 0.1) is 19.8 Å². The number of anilines is 1. The van der Waals surface area contributed by atoms with Crippen LogP contribution >= 0.6 is 0 Å². The first-order valence-electron chi connectivity index (χ1n) is 14.0. The molecule has 0 heterocycles. The number of carbonyl (C=O) groups is 3. The summed E-state index contributed by atoms with van der Waals surface area (Å²) in [5, 5.41) is 7.98. The lowest BCUT2D eigenvalue weighted by Gasteiger charge is -2.36. The molecule has 3 aromatic carbocycles. The van der Waals surface area contributed by atoms with Gasteiger partial charge in [0.05, 0.1) is 0 Å². The molecule has 0 aliphatic heterocycles. The van der Waals surface area contributed by atoms with Gasteiger partial charge in [-0.15, -0.1) is 0 Å². The molecule has 212 valence electrons. The van der Waals surface area contributed by atoms with Gasteiger partial charge >= 0.3 is 6.09 Å². The van der Waals surface area contributed by atoms with E-state index in [4.69, 9.17) is 4.74 Å². The summed E-state index contributed by atoms with van der Waals surface area (Å²) in [7, 11) is 0. The zero-order chi connectivity index (χ0) is 29.2. The number of carbonyl (C=O) groups excluding carboxylic acids is 3. The van der Waals surface area contributed by atoms with Gasteiger partial charge in [-0.25, -0.2) is 4.79 Å². The number of amides is 3. The van der Waals surface area contributed by atoms with Crippen LogP contribution < -0.4 is 10.6 Å². The molecule has 1 aliphatic carbocycles. The predicted molar refractivity (Wildman–Crippen MR) is 159 cm³/mol. The highest BCUT2D eigenvalue weighted by Gasteiger charge is 2.45. The van der Waals surface area contributed by atoms with Crippen molar-refractivity contribution >= 4 is 34.4 Å². The van der Waals surface area contributed by atoms with E-state index < -0.39 is 23.8 Å². The lowest BCUT2D eigenvalue weighted by atomic mass is 9.93. The van der Waals surface area contributed by atoms with E-state index in [-0.39, 0.29) is 23.8 Å². The zero-order valence-corrected chi connectivity index (χ0v) is 24.6. The highest BCUT2D eigenvalue weighted by molar-refractivity contribution is 6.01. The van der Waals surface area contributed by atoms with Crippen molar-refractivity contribution in [2.24, 2.45) is 5.92 Å². The maximum atomic E-state index is 14.3. The molecule has 40 heavy (non-hydrogen) atoms. The Morgan fingerprint density at radius 2 is 1.60 bits per heavy atom. The van der Waals surface area contributed by atoms with Gasteiger partial charge in [0.2, 0.25) is 5.91 Å². The first-order chi connectivity index (χ1) is 18.9. The number of hydrogen-bond acceptors (Lipinski definition) is 4. The van der Waals surface area contributed by atoms with Crippen molar-refractivity contribution < 1.29 is 19.1 Å². The molecule has 1 saturated carbocycles. The van der Waals surface area contributed by atoms with Crippen molar-refractivity contribution in [3.63, 3.8) is 0 Å². The molecule has 3 aromatic rings. The van der Waals surface area contributed by atoms with Crippen LogP contribution in [0.3, 0.4) is 0 Å². The fourth-order valence-corrected chi connectivity index (χ4v) is 4.94. The molecule has 0 bridgehead atoms. The first kappa shape index (κ1) is 29.1. The number of ether oxygens (including phenoxy) is 1. The molecule has 1 aliphatic rings. The van der Waals surface area contributed by atoms with E-state index in [0.717, 1.165) is 40.3 Å². The summed E-state index contributed by atoms with van der Waals surface area (Å²) >= 11 is 0. The number of fused-ring (bicyclic) bond motifs is 1. The molecule has 0 saturated heterocycles. The summed E-state index contributed by atoms with van der Waals surface area (Å²) in [4.78, 5) is 42.9. The molecular weight excluding hydrogens is 502 g/mol. The molecule has 4 rings (SSSR count). The van der Waals surface area contributed by atoms with E-state index in [9.17, 15) is 14.4 Å². The summed E-state index contributed by atoms with van der Waals surface area (Å²) in [6.07, 6.45) is 0.945. The first-order valence-corrected chi connectivity index (χ1v) is 14.0. The third-order valence-electron chi connectivity index (χ3n) is 7.28. The number of alkyl carbamates (subject to hydrolysis) is 1. The van der Waals surface area contributed by atoms with Crippen molar-refractivity contribution in [3.05, 3.63) is 77.4 Å². The second-order valence-electron chi connectivity index (χ2n) is 12.1.